The van der Waals surface area contributed by atoms with E-state index < -0.39 is 0 Å². The van der Waals surface area contributed by atoms with Crippen molar-refractivity contribution in [3.05, 3.63) is 56.4 Å². The van der Waals surface area contributed by atoms with Gasteiger partial charge in [-0.1, -0.05) is 18.2 Å². The Kier molecular flexibility index (Phi) is 3.19. The van der Waals surface area contributed by atoms with Gasteiger partial charge in [0, 0.05) is 10.4 Å². The summed E-state index contributed by atoms with van der Waals surface area (Å²) < 4.78 is 14.2. The lowest BCUT2D eigenvalue weighted by atomic mass is 10.1. The third-order valence-electron chi connectivity index (χ3n) is 2.17. The first-order valence-corrected chi connectivity index (χ1v) is 6.10. The van der Waals surface area contributed by atoms with Crippen LogP contribution in [-0.4, -0.2) is 0 Å². The standard InChI is InChI=1S/C11H9BrFNS/c12-8-4-1-3-7(10(8)13)11(14)9-5-2-6-15-9/h1-6,11H,14H2/t11-/m1/s1. The predicted octanol–water partition coefficient (Wildman–Crippen LogP) is 3.70. The molecule has 78 valence electrons. The van der Waals surface area contributed by atoms with Crippen LogP contribution in [0.2, 0.25) is 0 Å². The molecule has 0 aliphatic carbocycles. The van der Waals surface area contributed by atoms with Gasteiger partial charge < -0.3 is 5.73 Å². The Morgan fingerprint density at radius 1 is 1.27 bits per heavy atom. The van der Waals surface area contributed by atoms with Gasteiger partial charge in [0.05, 0.1) is 10.5 Å². The maximum Gasteiger partial charge on any atom is 0.142 e. The lowest BCUT2D eigenvalue weighted by molar-refractivity contribution is 0.594. The van der Waals surface area contributed by atoms with Crippen molar-refractivity contribution in [1.29, 1.82) is 0 Å². The second kappa shape index (κ2) is 4.43. The van der Waals surface area contributed by atoms with Gasteiger partial charge >= 0.3 is 0 Å². The molecule has 1 aromatic carbocycles. The highest BCUT2D eigenvalue weighted by atomic mass is 79.9. The summed E-state index contributed by atoms with van der Waals surface area (Å²) in [6, 6.07) is 8.61. The molecule has 0 saturated heterocycles. The van der Waals surface area contributed by atoms with E-state index in [2.05, 4.69) is 15.9 Å². The summed E-state index contributed by atoms with van der Waals surface area (Å²) in [4.78, 5) is 0.965. The fourth-order valence-electron chi connectivity index (χ4n) is 1.38. The molecule has 0 unspecified atom stereocenters. The van der Waals surface area contributed by atoms with Crippen LogP contribution < -0.4 is 5.73 Å². The van der Waals surface area contributed by atoms with Gasteiger partial charge in [-0.2, -0.15) is 0 Å². The fourth-order valence-corrected chi connectivity index (χ4v) is 2.51. The van der Waals surface area contributed by atoms with E-state index in [1.54, 1.807) is 18.2 Å². The SMILES string of the molecule is N[C@@H](c1cccs1)c1cccc(Br)c1F. The van der Waals surface area contributed by atoms with Gasteiger partial charge in [-0.15, -0.1) is 11.3 Å². The van der Waals surface area contributed by atoms with Gasteiger partial charge in [0.1, 0.15) is 5.82 Å². The molecule has 0 radical (unpaired) electrons. The van der Waals surface area contributed by atoms with Crippen LogP contribution in [-0.2, 0) is 0 Å². The quantitative estimate of drug-likeness (QED) is 0.895. The third kappa shape index (κ3) is 2.12. The van der Waals surface area contributed by atoms with E-state index in [9.17, 15) is 4.39 Å². The van der Waals surface area contributed by atoms with E-state index in [0.717, 1.165) is 4.88 Å². The van der Waals surface area contributed by atoms with E-state index in [-0.39, 0.29) is 11.9 Å². The molecule has 1 heterocycles. The van der Waals surface area contributed by atoms with Gasteiger partial charge in [-0.05, 0) is 33.4 Å². The van der Waals surface area contributed by atoms with Crippen molar-refractivity contribution < 1.29 is 4.39 Å². The van der Waals surface area contributed by atoms with Crippen LogP contribution in [0, 0.1) is 5.82 Å². The third-order valence-corrected chi connectivity index (χ3v) is 3.73. The molecule has 0 bridgehead atoms. The molecular weight excluding hydrogens is 277 g/mol. The van der Waals surface area contributed by atoms with Gasteiger partial charge in [0.25, 0.3) is 0 Å². The average Bonchev–Trinajstić information content (AvgIpc) is 2.74. The molecule has 4 heteroatoms. The van der Waals surface area contributed by atoms with E-state index in [1.165, 1.54) is 11.3 Å². The molecule has 15 heavy (non-hydrogen) atoms. The molecule has 1 nitrogen and oxygen atoms in total. The van der Waals surface area contributed by atoms with Crippen LogP contribution in [0.5, 0.6) is 0 Å². The second-order valence-electron chi connectivity index (χ2n) is 3.14. The summed E-state index contributed by atoms with van der Waals surface area (Å²) in [5.74, 6) is -0.279. The molecule has 1 aromatic heterocycles. The highest BCUT2D eigenvalue weighted by Gasteiger charge is 2.15. The Labute approximate surface area is 99.9 Å². The maximum absolute atomic E-state index is 13.7. The number of halogens is 2. The van der Waals surface area contributed by atoms with E-state index in [4.69, 9.17) is 5.73 Å². The molecule has 0 aliphatic rings. The first-order valence-electron chi connectivity index (χ1n) is 4.43. The molecule has 0 fully saturated rings. The molecule has 0 saturated carbocycles. The number of thiophene rings is 1. The number of benzene rings is 1. The summed E-state index contributed by atoms with van der Waals surface area (Å²) in [5, 5.41) is 1.94. The van der Waals surface area contributed by atoms with Crippen LogP contribution in [0.1, 0.15) is 16.5 Å². The van der Waals surface area contributed by atoms with E-state index in [0.29, 0.717) is 10.0 Å². The Balaban J connectivity index is 2.42. The molecular formula is C11H9BrFNS. The topological polar surface area (TPSA) is 26.0 Å². The molecule has 2 aromatic rings. The Bertz CT molecular complexity index is 456. The summed E-state index contributed by atoms with van der Waals surface area (Å²) in [5.41, 5.74) is 6.50. The lowest BCUT2D eigenvalue weighted by Gasteiger charge is -2.11. The zero-order valence-corrected chi connectivity index (χ0v) is 10.2. The van der Waals surface area contributed by atoms with Crippen LogP contribution in [0.15, 0.2) is 40.2 Å². The number of hydrogen-bond donors (Lipinski definition) is 1. The van der Waals surface area contributed by atoms with Crippen molar-refractivity contribution >= 4 is 27.3 Å². The van der Waals surface area contributed by atoms with Crippen molar-refractivity contribution in [3.8, 4) is 0 Å². The number of hydrogen-bond acceptors (Lipinski definition) is 2. The minimum atomic E-state index is -0.387. The minimum absolute atomic E-state index is 0.279. The van der Waals surface area contributed by atoms with Gasteiger partial charge in [-0.3, -0.25) is 0 Å². The summed E-state index contributed by atoms with van der Waals surface area (Å²) in [6.07, 6.45) is 0. The zero-order chi connectivity index (χ0) is 10.8. The average molecular weight is 286 g/mol. The van der Waals surface area contributed by atoms with Crippen LogP contribution in [0.25, 0.3) is 0 Å². The van der Waals surface area contributed by atoms with Gasteiger partial charge in [-0.25, -0.2) is 4.39 Å². The second-order valence-corrected chi connectivity index (χ2v) is 4.97. The largest absolute Gasteiger partial charge is 0.320 e. The Hall–Kier alpha value is -0.710. The Morgan fingerprint density at radius 3 is 2.73 bits per heavy atom. The Morgan fingerprint density at radius 2 is 2.07 bits per heavy atom. The monoisotopic (exact) mass is 285 g/mol. The van der Waals surface area contributed by atoms with Gasteiger partial charge in [0.15, 0.2) is 0 Å². The molecule has 0 amide bonds. The minimum Gasteiger partial charge on any atom is -0.320 e. The van der Waals surface area contributed by atoms with Crippen molar-refractivity contribution in [2.75, 3.05) is 0 Å². The molecule has 2 rings (SSSR count). The van der Waals surface area contributed by atoms with Crippen molar-refractivity contribution in [3.63, 3.8) is 0 Å². The highest BCUT2D eigenvalue weighted by molar-refractivity contribution is 9.10. The van der Waals surface area contributed by atoms with Crippen LogP contribution in [0.4, 0.5) is 4.39 Å². The maximum atomic E-state index is 13.7. The van der Waals surface area contributed by atoms with Crippen molar-refractivity contribution in [1.82, 2.24) is 0 Å². The van der Waals surface area contributed by atoms with E-state index in [1.807, 2.05) is 17.5 Å². The first kappa shape index (κ1) is 10.8. The summed E-state index contributed by atoms with van der Waals surface area (Å²) in [6.45, 7) is 0. The molecule has 1 atom stereocenters. The summed E-state index contributed by atoms with van der Waals surface area (Å²) >= 11 is 4.68. The summed E-state index contributed by atoms with van der Waals surface area (Å²) in [7, 11) is 0. The van der Waals surface area contributed by atoms with Gasteiger partial charge in [0.2, 0.25) is 0 Å². The van der Waals surface area contributed by atoms with Crippen molar-refractivity contribution in [2.24, 2.45) is 5.73 Å². The van der Waals surface area contributed by atoms with E-state index >= 15 is 0 Å². The number of nitrogens with two attached hydrogens (primary N) is 1. The van der Waals surface area contributed by atoms with Crippen LogP contribution >= 0.6 is 27.3 Å². The molecule has 2 N–H and O–H groups in total. The van der Waals surface area contributed by atoms with Crippen molar-refractivity contribution in [2.45, 2.75) is 6.04 Å². The molecule has 0 aliphatic heterocycles. The first-order chi connectivity index (χ1) is 7.20. The fraction of sp³-hybridized carbons (Fsp3) is 0.0909. The lowest BCUT2D eigenvalue weighted by Crippen LogP contribution is -2.12. The molecule has 0 spiro atoms. The zero-order valence-electron chi connectivity index (χ0n) is 7.78. The highest BCUT2D eigenvalue weighted by Crippen LogP contribution is 2.28. The van der Waals surface area contributed by atoms with Crippen LogP contribution in [0.3, 0.4) is 0 Å². The predicted molar refractivity (Wildman–Crippen MR) is 64.4 cm³/mol. The number of rotatable bonds is 2. The normalized spacial score (nSPS) is 12.7. The smallest absolute Gasteiger partial charge is 0.142 e.